The lowest BCUT2D eigenvalue weighted by Gasteiger charge is -2.31. The summed E-state index contributed by atoms with van der Waals surface area (Å²) in [5, 5.41) is 10.5. The monoisotopic (exact) mass is 240 g/mol. The normalized spacial score (nSPS) is 21.1. The van der Waals surface area contributed by atoms with E-state index in [2.05, 4.69) is 22.2 Å². The van der Waals surface area contributed by atoms with Gasteiger partial charge in [-0.3, -0.25) is 5.41 Å². The second-order valence-corrected chi connectivity index (χ2v) is 4.57. The van der Waals surface area contributed by atoms with Crippen LogP contribution >= 0.6 is 11.3 Å². The molecule has 1 fully saturated rings. The molecule has 0 spiro atoms. The number of nitrogens with two attached hydrogens (primary N) is 1. The van der Waals surface area contributed by atoms with Crippen LogP contribution in [0.15, 0.2) is 5.38 Å². The van der Waals surface area contributed by atoms with E-state index in [1.54, 1.807) is 11.3 Å². The molecule has 2 heterocycles. The van der Waals surface area contributed by atoms with Crippen LogP contribution in [0, 0.1) is 5.41 Å². The Hall–Kier alpha value is -1.14. The van der Waals surface area contributed by atoms with Gasteiger partial charge in [-0.05, 0) is 6.42 Å². The molecule has 0 saturated carbocycles. The van der Waals surface area contributed by atoms with E-state index < -0.39 is 0 Å². The first kappa shape index (κ1) is 11.3. The summed E-state index contributed by atoms with van der Waals surface area (Å²) in [7, 11) is 0. The number of nitrogens with zero attached hydrogens (tertiary/aromatic N) is 2. The lowest BCUT2D eigenvalue weighted by atomic mass is 10.2. The molecule has 0 aliphatic carbocycles. The first-order valence-corrected chi connectivity index (χ1v) is 6.23. The van der Waals surface area contributed by atoms with Crippen LogP contribution in [0.4, 0.5) is 5.13 Å². The van der Waals surface area contributed by atoms with Gasteiger partial charge in [0.2, 0.25) is 0 Å². The van der Waals surface area contributed by atoms with Gasteiger partial charge in [-0.15, -0.1) is 11.3 Å². The maximum absolute atomic E-state index is 7.39. The highest BCUT2D eigenvalue weighted by atomic mass is 32.1. The van der Waals surface area contributed by atoms with E-state index in [9.17, 15) is 0 Å². The molecule has 5 nitrogen and oxygen atoms in total. The molecule has 1 aromatic heterocycles. The van der Waals surface area contributed by atoms with Crippen molar-refractivity contribution in [2.24, 2.45) is 5.73 Å². The molecule has 0 radical (unpaired) electrons. The molecule has 1 aliphatic rings. The second-order valence-electron chi connectivity index (χ2n) is 3.74. The van der Waals surface area contributed by atoms with Crippen LogP contribution < -0.4 is 10.6 Å². The minimum atomic E-state index is -0.289. The van der Waals surface area contributed by atoms with E-state index in [0.29, 0.717) is 13.2 Å². The third kappa shape index (κ3) is 2.33. The highest BCUT2D eigenvalue weighted by molar-refractivity contribution is 7.13. The van der Waals surface area contributed by atoms with Crippen LogP contribution in [-0.4, -0.2) is 36.6 Å². The smallest absolute Gasteiger partial charge is 0.185 e. The molecule has 3 N–H and O–H groups in total. The largest absolute Gasteiger partial charge is 0.385 e. The molecule has 0 aromatic carbocycles. The third-order valence-electron chi connectivity index (χ3n) is 2.59. The molecule has 1 atom stereocenters. The fourth-order valence-electron chi connectivity index (χ4n) is 1.62. The van der Waals surface area contributed by atoms with Crippen LogP contribution in [0.25, 0.3) is 0 Å². The van der Waals surface area contributed by atoms with Gasteiger partial charge in [0.05, 0.1) is 18.8 Å². The summed E-state index contributed by atoms with van der Waals surface area (Å²) < 4.78 is 5.41. The van der Waals surface area contributed by atoms with E-state index >= 15 is 0 Å². The standard InChI is InChI=1S/C10H16N4OS/c1-2-7-6-16-10(13-7)14-3-4-15-8(5-14)9(11)12/h6,8H,2-5H2,1H3,(H3,11,12). The molecular weight excluding hydrogens is 224 g/mol. The number of rotatable bonds is 3. The van der Waals surface area contributed by atoms with Gasteiger partial charge in [0.1, 0.15) is 11.9 Å². The predicted molar refractivity (Wildman–Crippen MR) is 65.4 cm³/mol. The van der Waals surface area contributed by atoms with E-state index in [0.717, 1.165) is 23.8 Å². The quantitative estimate of drug-likeness (QED) is 0.606. The van der Waals surface area contributed by atoms with Gasteiger partial charge < -0.3 is 15.4 Å². The molecule has 88 valence electrons. The van der Waals surface area contributed by atoms with Gasteiger partial charge in [-0.1, -0.05) is 6.92 Å². The molecule has 1 aliphatic heterocycles. The maximum Gasteiger partial charge on any atom is 0.185 e. The molecule has 2 rings (SSSR count). The molecular formula is C10H16N4OS. The van der Waals surface area contributed by atoms with Crippen molar-refractivity contribution >= 4 is 22.3 Å². The van der Waals surface area contributed by atoms with Crippen molar-refractivity contribution in [3.8, 4) is 0 Å². The van der Waals surface area contributed by atoms with Crippen molar-refractivity contribution in [1.29, 1.82) is 5.41 Å². The highest BCUT2D eigenvalue weighted by Gasteiger charge is 2.24. The van der Waals surface area contributed by atoms with Crippen LogP contribution in [0.5, 0.6) is 0 Å². The molecule has 16 heavy (non-hydrogen) atoms. The van der Waals surface area contributed by atoms with Crippen molar-refractivity contribution in [1.82, 2.24) is 4.98 Å². The topological polar surface area (TPSA) is 75.2 Å². The Kier molecular flexibility index (Phi) is 3.40. The minimum Gasteiger partial charge on any atom is -0.385 e. The molecule has 0 amide bonds. The van der Waals surface area contributed by atoms with E-state index in [-0.39, 0.29) is 11.9 Å². The van der Waals surface area contributed by atoms with Crippen molar-refractivity contribution in [3.63, 3.8) is 0 Å². The summed E-state index contributed by atoms with van der Waals surface area (Å²) in [6, 6.07) is 0. The number of amidine groups is 1. The molecule has 0 bridgehead atoms. The van der Waals surface area contributed by atoms with E-state index in [4.69, 9.17) is 15.9 Å². The average molecular weight is 240 g/mol. The Morgan fingerprint density at radius 3 is 3.25 bits per heavy atom. The Morgan fingerprint density at radius 1 is 1.81 bits per heavy atom. The van der Waals surface area contributed by atoms with Crippen LogP contribution in [-0.2, 0) is 11.2 Å². The van der Waals surface area contributed by atoms with Crippen molar-refractivity contribution < 1.29 is 4.74 Å². The van der Waals surface area contributed by atoms with Gasteiger partial charge in [-0.2, -0.15) is 0 Å². The number of morpholine rings is 1. The molecule has 6 heteroatoms. The fraction of sp³-hybridized carbons (Fsp3) is 0.600. The fourth-order valence-corrected chi connectivity index (χ4v) is 2.56. The molecule has 1 saturated heterocycles. The maximum atomic E-state index is 7.39. The van der Waals surface area contributed by atoms with Crippen LogP contribution in [0.2, 0.25) is 0 Å². The number of thiazole rings is 1. The van der Waals surface area contributed by atoms with Gasteiger partial charge in [0, 0.05) is 11.9 Å². The first-order valence-electron chi connectivity index (χ1n) is 5.35. The lowest BCUT2D eigenvalue weighted by molar-refractivity contribution is 0.0826. The van der Waals surface area contributed by atoms with Crippen molar-refractivity contribution in [2.45, 2.75) is 19.4 Å². The minimum absolute atomic E-state index is 0.0944. The van der Waals surface area contributed by atoms with Crippen molar-refractivity contribution in [3.05, 3.63) is 11.1 Å². The lowest BCUT2D eigenvalue weighted by Crippen LogP contribution is -2.48. The van der Waals surface area contributed by atoms with Gasteiger partial charge in [-0.25, -0.2) is 4.98 Å². The van der Waals surface area contributed by atoms with Crippen LogP contribution in [0.1, 0.15) is 12.6 Å². The number of hydrogen-bond donors (Lipinski definition) is 2. The summed E-state index contributed by atoms with van der Waals surface area (Å²) in [5.41, 5.74) is 6.57. The zero-order valence-corrected chi connectivity index (χ0v) is 10.1. The number of nitrogens with one attached hydrogen (secondary N) is 1. The zero-order valence-electron chi connectivity index (χ0n) is 9.27. The number of aromatic nitrogens is 1. The van der Waals surface area contributed by atoms with Crippen LogP contribution in [0.3, 0.4) is 0 Å². The number of ether oxygens (including phenoxy) is 1. The first-order chi connectivity index (χ1) is 7.70. The van der Waals surface area contributed by atoms with Gasteiger partial charge >= 0.3 is 0 Å². The van der Waals surface area contributed by atoms with Crippen molar-refractivity contribution in [2.75, 3.05) is 24.6 Å². The van der Waals surface area contributed by atoms with E-state index in [1.807, 2.05) is 0 Å². The van der Waals surface area contributed by atoms with Gasteiger partial charge in [0.15, 0.2) is 5.13 Å². The SMILES string of the molecule is CCc1csc(N2CCOC(C(=N)N)C2)n1. The molecule has 1 unspecified atom stereocenters. The Morgan fingerprint density at radius 2 is 2.62 bits per heavy atom. The second kappa shape index (κ2) is 4.80. The van der Waals surface area contributed by atoms with Gasteiger partial charge in [0.25, 0.3) is 0 Å². The number of aryl methyl sites for hydroxylation is 1. The Bertz CT molecular complexity index is 379. The Balaban J connectivity index is 2.06. The summed E-state index contributed by atoms with van der Waals surface area (Å²) >= 11 is 1.64. The highest BCUT2D eigenvalue weighted by Crippen LogP contribution is 2.22. The summed E-state index contributed by atoms with van der Waals surface area (Å²) in [5.74, 6) is 0.0944. The number of hydrogen-bond acceptors (Lipinski definition) is 5. The predicted octanol–water partition coefficient (Wildman–Crippen LogP) is 0.847. The number of anilines is 1. The van der Waals surface area contributed by atoms with E-state index in [1.165, 1.54) is 0 Å². The molecule has 1 aromatic rings. The Labute approximate surface area is 98.7 Å². The zero-order chi connectivity index (χ0) is 11.5. The third-order valence-corrected chi connectivity index (χ3v) is 3.54. The summed E-state index contributed by atoms with van der Waals surface area (Å²) in [6.07, 6.45) is 0.666. The average Bonchev–Trinajstić information content (AvgIpc) is 2.77. The summed E-state index contributed by atoms with van der Waals surface area (Å²) in [6.45, 7) is 4.15. The summed E-state index contributed by atoms with van der Waals surface area (Å²) in [4.78, 5) is 6.66.